The fourth-order valence-electron chi connectivity index (χ4n) is 5.44. The van der Waals surface area contributed by atoms with Crippen LogP contribution in [0.2, 0.25) is 16.6 Å². The van der Waals surface area contributed by atoms with Crippen LogP contribution >= 0.6 is 0 Å². The first-order chi connectivity index (χ1) is 12.6. The standard InChI is InChI=1S/C22H31NO3Si/c1-9-19(27(14(2)3,15(4)5)16(6)7)22(21(25)26-8)17-12-10-11-13-18(17)23-20(22)24/h10-16H,1H2,2-8H3,(H,23,24)/t22-/m1/s1. The maximum atomic E-state index is 13.4. The summed E-state index contributed by atoms with van der Waals surface area (Å²) in [5.41, 5.74) is 3.79. The normalized spacial score (nSPS) is 19.1. The van der Waals surface area contributed by atoms with Gasteiger partial charge in [0.2, 0.25) is 0 Å². The molecule has 0 saturated heterocycles. The number of carbonyl (C=O) groups is 2. The molecule has 2 rings (SSSR count). The van der Waals surface area contributed by atoms with Crippen molar-refractivity contribution in [3.63, 3.8) is 0 Å². The van der Waals surface area contributed by atoms with E-state index in [1.807, 2.05) is 24.3 Å². The molecule has 1 aromatic carbocycles. The summed E-state index contributed by atoms with van der Waals surface area (Å²) < 4.78 is 5.22. The van der Waals surface area contributed by atoms with Gasteiger partial charge in [0.1, 0.15) is 8.07 Å². The Morgan fingerprint density at radius 3 is 2.07 bits per heavy atom. The van der Waals surface area contributed by atoms with Crippen LogP contribution < -0.4 is 5.32 Å². The van der Waals surface area contributed by atoms with E-state index < -0.39 is 19.5 Å². The molecule has 1 aliphatic heterocycles. The second-order valence-electron chi connectivity index (χ2n) is 8.19. The number of rotatable bonds is 6. The van der Waals surface area contributed by atoms with Crippen LogP contribution in [0.5, 0.6) is 0 Å². The van der Waals surface area contributed by atoms with Crippen molar-refractivity contribution in [2.24, 2.45) is 0 Å². The molecule has 1 heterocycles. The summed E-state index contributed by atoms with van der Waals surface area (Å²) in [6, 6.07) is 7.35. The van der Waals surface area contributed by atoms with Crippen LogP contribution in [-0.4, -0.2) is 27.1 Å². The third-order valence-electron chi connectivity index (χ3n) is 6.26. The lowest BCUT2D eigenvalue weighted by atomic mass is 9.81. The van der Waals surface area contributed by atoms with Crippen molar-refractivity contribution < 1.29 is 14.3 Å². The number of hydrogen-bond acceptors (Lipinski definition) is 3. The van der Waals surface area contributed by atoms with E-state index in [4.69, 9.17) is 4.74 Å². The molecule has 0 bridgehead atoms. The summed E-state index contributed by atoms with van der Waals surface area (Å²) in [5, 5.41) is 3.64. The van der Waals surface area contributed by atoms with Crippen LogP contribution in [0.4, 0.5) is 5.69 Å². The van der Waals surface area contributed by atoms with Crippen LogP contribution in [0, 0.1) is 0 Å². The van der Waals surface area contributed by atoms with Crippen molar-refractivity contribution in [1.29, 1.82) is 0 Å². The fraction of sp³-hybridized carbons (Fsp3) is 0.500. The number of hydrogen-bond donors (Lipinski definition) is 1. The van der Waals surface area contributed by atoms with Gasteiger partial charge in [-0.05, 0) is 27.9 Å². The minimum atomic E-state index is -2.40. The number of ether oxygens (including phenoxy) is 1. The van der Waals surface area contributed by atoms with Gasteiger partial charge in [-0.1, -0.05) is 66.3 Å². The molecule has 0 fully saturated rings. The Kier molecular flexibility index (Phi) is 5.88. The summed E-state index contributed by atoms with van der Waals surface area (Å²) in [7, 11) is -1.07. The van der Waals surface area contributed by atoms with Crippen molar-refractivity contribution in [1.82, 2.24) is 0 Å². The number of fused-ring (bicyclic) bond motifs is 1. The highest BCUT2D eigenvalue weighted by molar-refractivity contribution is 6.91. The lowest BCUT2D eigenvalue weighted by molar-refractivity contribution is -0.148. The molecule has 0 radical (unpaired) electrons. The highest BCUT2D eigenvalue weighted by Crippen LogP contribution is 2.55. The Bertz CT molecular complexity index is 774. The van der Waals surface area contributed by atoms with E-state index in [1.165, 1.54) is 7.11 Å². The lowest BCUT2D eigenvalue weighted by Gasteiger charge is -2.48. The van der Waals surface area contributed by atoms with Crippen molar-refractivity contribution in [3.05, 3.63) is 47.3 Å². The number of esters is 1. The van der Waals surface area contributed by atoms with Crippen LogP contribution in [0.15, 0.2) is 41.8 Å². The average Bonchev–Trinajstić information content (AvgIpc) is 2.90. The summed E-state index contributed by atoms with van der Waals surface area (Å²) in [5.74, 6) is -0.921. The third-order valence-corrected chi connectivity index (χ3v) is 13.4. The molecule has 27 heavy (non-hydrogen) atoms. The minimum absolute atomic E-state index is 0.295. The summed E-state index contributed by atoms with van der Waals surface area (Å²) in [6.07, 6.45) is 0. The molecule has 4 nitrogen and oxygen atoms in total. The molecule has 1 aliphatic rings. The number of amides is 1. The van der Waals surface area contributed by atoms with Crippen LogP contribution in [0.25, 0.3) is 0 Å². The quantitative estimate of drug-likeness (QED) is 0.325. The van der Waals surface area contributed by atoms with Gasteiger partial charge in [0.05, 0.1) is 7.11 Å². The smallest absolute Gasteiger partial charge is 0.330 e. The highest BCUT2D eigenvalue weighted by atomic mass is 28.3. The van der Waals surface area contributed by atoms with Gasteiger partial charge in [-0.15, -0.1) is 5.73 Å². The Morgan fingerprint density at radius 1 is 1.11 bits per heavy atom. The first-order valence-electron chi connectivity index (χ1n) is 9.53. The predicted molar refractivity (Wildman–Crippen MR) is 112 cm³/mol. The van der Waals surface area contributed by atoms with Crippen LogP contribution in [0.3, 0.4) is 0 Å². The SMILES string of the molecule is C=C=C([C@@]1(C(=O)OC)C(=O)Nc2ccccc21)[Si](C(C)C)(C(C)C)C(C)C. The number of benzene rings is 1. The Hall–Kier alpha value is -2.10. The van der Waals surface area contributed by atoms with Gasteiger partial charge in [-0.3, -0.25) is 9.59 Å². The summed E-state index contributed by atoms with van der Waals surface area (Å²) >= 11 is 0. The predicted octanol–water partition coefficient (Wildman–Crippen LogP) is 4.98. The first kappa shape index (κ1) is 21.2. The van der Waals surface area contributed by atoms with E-state index in [-0.39, 0.29) is 5.91 Å². The second-order valence-corrected chi connectivity index (χ2v) is 14.0. The van der Waals surface area contributed by atoms with E-state index in [9.17, 15) is 9.59 Å². The number of para-hydroxylation sites is 1. The van der Waals surface area contributed by atoms with Crippen molar-refractivity contribution in [2.75, 3.05) is 12.4 Å². The van der Waals surface area contributed by atoms with Gasteiger partial charge < -0.3 is 10.1 Å². The average molecular weight is 386 g/mol. The molecule has 0 unspecified atom stereocenters. The van der Waals surface area contributed by atoms with E-state index >= 15 is 0 Å². The van der Waals surface area contributed by atoms with Gasteiger partial charge in [0.25, 0.3) is 5.91 Å². The maximum absolute atomic E-state index is 13.4. The van der Waals surface area contributed by atoms with Gasteiger partial charge in [0.15, 0.2) is 5.41 Å². The van der Waals surface area contributed by atoms with E-state index in [1.54, 1.807) is 0 Å². The maximum Gasteiger partial charge on any atom is 0.330 e. The van der Waals surface area contributed by atoms with Crippen molar-refractivity contribution in [2.45, 2.75) is 63.6 Å². The Balaban J connectivity index is 2.99. The molecule has 0 saturated carbocycles. The lowest BCUT2D eigenvalue weighted by Crippen LogP contribution is -2.58. The number of carbonyl (C=O) groups excluding carboxylic acids is 2. The Morgan fingerprint density at radius 2 is 1.63 bits per heavy atom. The van der Waals surface area contributed by atoms with E-state index in [0.29, 0.717) is 27.9 Å². The molecule has 146 valence electrons. The molecule has 0 aromatic heterocycles. The molecule has 1 N–H and O–H groups in total. The molecular formula is C22H31NO3Si. The summed E-state index contributed by atoms with van der Waals surface area (Å²) in [6.45, 7) is 17.1. The van der Waals surface area contributed by atoms with Gasteiger partial charge >= 0.3 is 5.97 Å². The largest absolute Gasteiger partial charge is 0.468 e. The molecule has 5 heteroatoms. The molecule has 1 atom stereocenters. The van der Waals surface area contributed by atoms with Gasteiger partial charge in [0, 0.05) is 11.3 Å². The van der Waals surface area contributed by atoms with Gasteiger partial charge in [-0.2, -0.15) is 0 Å². The highest BCUT2D eigenvalue weighted by Gasteiger charge is 2.64. The topological polar surface area (TPSA) is 55.4 Å². The third kappa shape index (κ3) is 2.72. The zero-order valence-electron chi connectivity index (χ0n) is 17.5. The molecular weight excluding hydrogens is 354 g/mol. The first-order valence-corrected chi connectivity index (χ1v) is 11.8. The summed E-state index contributed by atoms with van der Waals surface area (Å²) in [4.78, 5) is 26.7. The molecule has 0 spiro atoms. The van der Waals surface area contributed by atoms with E-state index in [0.717, 1.165) is 5.20 Å². The van der Waals surface area contributed by atoms with Crippen molar-refractivity contribution >= 4 is 25.6 Å². The number of methoxy groups -OCH3 is 1. The van der Waals surface area contributed by atoms with Crippen molar-refractivity contribution in [3.8, 4) is 0 Å². The van der Waals surface area contributed by atoms with Crippen LogP contribution in [-0.2, 0) is 19.7 Å². The zero-order chi connectivity index (χ0) is 20.6. The van der Waals surface area contributed by atoms with Gasteiger partial charge in [-0.25, -0.2) is 0 Å². The Labute approximate surface area is 163 Å². The molecule has 0 aliphatic carbocycles. The molecule has 1 amide bonds. The van der Waals surface area contributed by atoms with E-state index in [2.05, 4.69) is 59.2 Å². The number of anilines is 1. The molecule has 1 aromatic rings. The number of nitrogens with one attached hydrogen (secondary N) is 1. The fourth-order valence-corrected chi connectivity index (χ4v) is 12.5. The second kappa shape index (κ2) is 7.49. The zero-order valence-corrected chi connectivity index (χ0v) is 18.5. The minimum Gasteiger partial charge on any atom is -0.468 e. The van der Waals surface area contributed by atoms with Crippen LogP contribution in [0.1, 0.15) is 47.1 Å². The monoisotopic (exact) mass is 385 g/mol.